The van der Waals surface area contributed by atoms with Crippen LogP contribution in [-0.2, 0) is 55.8 Å². The van der Waals surface area contributed by atoms with Crippen LogP contribution in [0.1, 0.15) is 406 Å². The van der Waals surface area contributed by atoms with Gasteiger partial charge in [-0.2, -0.15) is 0 Å². The Morgan fingerprint density at radius 3 is 0.653 bits per heavy atom. The topological polar surface area (TPSA) is 231 Å². The van der Waals surface area contributed by atoms with Crippen LogP contribution < -0.4 is 0 Å². The van der Waals surface area contributed by atoms with Crippen LogP contribution in [-0.4, -0.2) is 95.9 Å². The lowest BCUT2D eigenvalue weighted by Crippen LogP contribution is -2.30. The molecular formula is C103H176O16P2. The second-order valence-electron chi connectivity index (χ2n) is 32.1. The Morgan fingerprint density at radius 2 is 0.413 bits per heavy atom. The van der Waals surface area contributed by atoms with Crippen LogP contribution in [0.2, 0.25) is 0 Å². The van der Waals surface area contributed by atoms with Crippen molar-refractivity contribution < 1.29 is 75.8 Å². The lowest BCUT2D eigenvalue weighted by Gasteiger charge is -2.21. The van der Waals surface area contributed by atoms with Crippen molar-refractivity contribution in [2.75, 3.05) is 39.6 Å². The molecule has 0 saturated carbocycles. The Labute approximate surface area is 739 Å². The molecule has 18 heteroatoms. The SMILES string of the molecule is CC/C=C\C/C=C\C/C=C\C/C=C\C/C=C\CCCCCCCCCCCCCCCCCCCCCC(=O)OCC(O)COP(=O)(O)OCC(O)COP(=O)(O)OCC(COC(=O)CCCCCCCCCCCCCCCCC/C=C\C/C=C\C/C=C\C/C=C\C/C=C\CC)OC(=O)CCCCCCCC/C=C\C/C=C\C/C=C\C/C=C\CC. The van der Waals surface area contributed by atoms with Gasteiger partial charge in [-0.05, 0) is 148 Å². The number of allylic oxidation sites excluding steroid dienone is 28. The van der Waals surface area contributed by atoms with E-state index in [2.05, 4.69) is 191 Å². The Kier molecular flexibility index (Phi) is 90.1. The van der Waals surface area contributed by atoms with Gasteiger partial charge in [0.15, 0.2) is 6.10 Å². The van der Waals surface area contributed by atoms with Gasteiger partial charge in [-0.15, -0.1) is 0 Å². The highest BCUT2D eigenvalue weighted by molar-refractivity contribution is 7.47. The second kappa shape index (κ2) is 94.1. The number of hydrogen-bond acceptors (Lipinski definition) is 14. The average Bonchev–Trinajstić information content (AvgIpc) is 0.895. The van der Waals surface area contributed by atoms with Crippen molar-refractivity contribution in [1.82, 2.24) is 0 Å². The third-order valence-electron chi connectivity index (χ3n) is 20.4. The molecule has 0 heterocycles. The van der Waals surface area contributed by atoms with E-state index < -0.39 is 91.5 Å². The summed E-state index contributed by atoms with van der Waals surface area (Å²) in [6.07, 6.45) is 123. The van der Waals surface area contributed by atoms with Crippen molar-refractivity contribution in [2.24, 2.45) is 0 Å². The van der Waals surface area contributed by atoms with Crippen LogP contribution >= 0.6 is 15.6 Å². The van der Waals surface area contributed by atoms with Crippen LogP contribution in [0.3, 0.4) is 0 Å². The number of aliphatic hydroxyl groups is 2. The number of aliphatic hydroxyl groups excluding tert-OH is 2. The first kappa shape index (κ1) is 116. The smallest absolute Gasteiger partial charge is 0.463 e. The largest absolute Gasteiger partial charge is 0.472 e. The highest BCUT2D eigenvalue weighted by atomic mass is 31.2. The van der Waals surface area contributed by atoms with Gasteiger partial charge >= 0.3 is 33.6 Å². The molecule has 0 amide bonds. The van der Waals surface area contributed by atoms with Crippen molar-refractivity contribution in [3.63, 3.8) is 0 Å². The molecule has 5 atom stereocenters. The Morgan fingerprint density at radius 1 is 0.231 bits per heavy atom. The molecule has 0 aromatic heterocycles. The monoisotopic (exact) mass is 1730 g/mol. The lowest BCUT2D eigenvalue weighted by molar-refractivity contribution is -0.161. The molecule has 0 rings (SSSR count). The summed E-state index contributed by atoms with van der Waals surface area (Å²) >= 11 is 0. The first-order chi connectivity index (χ1) is 59.2. The molecule has 0 fully saturated rings. The summed E-state index contributed by atoms with van der Waals surface area (Å²) in [4.78, 5) is 59.1. The molecule has 0 aliphatic carbocycles. The maximum absolute atomic E-state index is 13.1. The molecule has 121 heavy (non-hydrogen) atoms. The molecule has 5 unspecified atom stereocenters. The molecule has 0 saturated heterocycles. The molecule has 0 spiro atoms. The molecule has 0 bridgehead atoms. The summed E-state index contributed by atoms with van der Waals surface area (Å²) in [6, 6.07) is 0. The van der Waals surface area contributed by atoms with E-state index in [0.29, 0.717) is 19.3 Å². The predicted molar refractivity (Wildman–Crippen MR) is 509 cm³/mol. The van der Waals surface area contributed by atoms with Crippen LogP contribution in [0.25, 0.3) is 0 Å². The van der Waals surface area contributed by atoms with Gasteiger partial charge < -0.3 is 34.2 Å². The van der Waals surface area contributed by atoms with Gasteiger partial charge in [-0.25, -0.2) is 9.13 Å². The van der Waals surface area contributed by atoms with E-state index in [9.17, 15) is 43.5 Å². The number of rotatable bonds is 91. The number of phosphoric acid groups is 2. The van der Waals surface area contributed by atoms with Crippen LogP contribution in [0.4, 0.5) is 0 Å². The van der Waals surface area contributed by atoms with Crippen molar-refractivity contribution in [1.29, 1.82) is 0 Å². The second-order valence-corrected chi connectivity index (χ2v) is 35.0. The van der Waals surface area contributed by atoms with Crippen LogP contribution in [0.15, 0.2) is 170 Å². The number of unbranched alkanes of at least 4 members (excludes halogenated alkanes) is 40. The van der Waals surface area contributed by atoms with Gasteiger partial charge in [0, 0.05) is 19.3 Å². The Bertz CT molecular complexity index is 2880. The zero-order valence-electron chi connectivity index (χ0n) is 76.6. The Balaban J connectivity index is 4.49. The number of carbonyl (C=O) groups is 3. The fraction of sp³-hybridized carbons (Fsp3) is 0.699. The van der Waals surface area contributed by atoms with Gasteiger partial charge in [0.05, 0.1) is 26.4 Å². The standard InChI is InChI=1S/C103H176O16P2/c1-4-7-10-13-16-19-22-25-28-31-34-36-38-40-42-44-46-47-48-49-51-53-54-56-58-60-63-65-68-71-74-77-80-83-86-89-101(106)113-92-98(104)93-115-120(109,110)116-94-99(105)95-117-121(111,112)118-97-100(119-103(108)91-88-85-82-79-76-73-70-67-62-33-30-27-24-21-18-15-12-9-6-3)96-114-102(107)90-87-84-81-78-75-72-69-66-64-61-59-57-55-52-50-45-43-41-39-37-35-32-29-26-23-20-17-14-11-8-5-2/h7-12,16-21,25-30,34-37,40-43,62,67,98-100,104-105H,4-6,13-15,22-24,31-33,38-39,44-61,63-66,68-97H2,1-3H3,(H,109,110)(H,111,112)/b10-7-,11-8-,12-9-,19-16-,20-17-,21-18-,28-25-,29-26-,30-27-,36-34-,37-35-,42-40-,43-41-,67-62-. The minimum atomic E-state index is -4.95. The predicted octanol–water partition coefficient (Wildman–Crippen LogP) is 30.2. The molecule has 0 aromatic rings. The van der Waals surface area contributed by atoms with Gasteiger partial charge in [-0.1, -0.05) is 409 Å². The Hall–Kier alpha value is -5.09. The van der Waals surface area contributed by atoms with Gasteiger partial charge in [0.1, 0.15) is 25.4 Å². The summed E-state index contributed by atoms with van der Waals surface area (Å²) in [5.74, 6) is -1.58. The summed E-state index contributed by atoms with van der Waals surface area (Å²) in [7, 11) is -9.81. The number of esters is 3. The van der Waals surface area contributed by atoms with E-state index in [0.717, 1.165) is 167 Å². The average molecular weight is 1730 g/mol. The molecule has 4 N–H and O–H groups in total. The fourth-order valence-electron chi connectivity index (χ4n) is 13.2. The fourth-order valence-corrected chi connectivity index (χ4v) is 14.8. The van der Waals surface area contributed by atoms with E-state index in [-0.39, 0.29) is 19.3 Å². The maximum Gasteiger partial charge on any atom is 0.472 e. The zero-order valence-corrected chi connectivity index (χ0v) is 78.4. The summed E-state index contributed by atoms with van der Waals surface area (Å²) < 4.78 is 61.5. The van der Waals surface area contributed by atoms with Crippen molar-refractivity contribution in [3.8, 4) is 0 Å². The molecule has 0 aliphatic heterocycles. The number of carbonyl (C=O) groups excluding carboxylic acids is 3. The molecule has 694 valence electrons. The minimum Gasteiger partial charge on any atom is -0.463 e. The molecular weight excluding hydrogens is 1560 g/mol. The van der Waals surface area contributed by atoms with E-state index >= 15 is 0 Å². The lowest BCUT2D eigenvalue weighted by atomic mass is 10.0. The summed E-state index contributed by atoms with van der Waals surface area (Å²) in [6.45, 7) is 2.38. The summed E-state index contributed by atoms with van der Waals surface area (Å²) in [5, 5.41) is 20.8. The normalized spacial score (nSPS) is 14.5. The number of phosphoric ester groups is 2. The third kappa shape index (κ3) is 95.4. The van der Waals surface area contributed by atoms with Crippen molar-refractivity contribution in [3.05, 3.63) is 170 Å². The quantitative estimate of drug-likeness (QED) is 0.0146. The maximum atomic E-state index is 13.1. The van der Waals surface area contributed by atoms with E-state index in [1.165, 1.54) is 180 Å². The molecule has 16 nitrogen and oxygen atoms in total. The number of ether oxygens (including phenoxy) is 3. The van der Waals surface area contributed by atoms with E-state index in [1.807, 2.05) is 0 Å². The van der Waals surface area contributed by atoms with Gasteiger partial charge in [0.2, 0.25) is 0 Å². The van der Waals surface area contributed by atoms with Crippen LogP contribution in [0, 0.1) is 0 Å². The molecule has 0 aromatic carbocycles. The number of hydrogen-bond donors (Lipinski definition) is 4. The van der Waals surface area contributed by atoms with Gasteiger partial charge in [-0.3, -0.25) is 32.5 Å². The first-order valence-electron chi connectivity index (χ1n) is 48.4. The minimum absolute atomic E-state index is 0.0859. The molecule has 0 radical (unpaired) electrons. The highest BCUT2D eigenvalue weighted by Crippen LogP contribution is 2.45. The van der Waals surface area contributed by atoms with Crippen molar-refractivity contribution >= 4 is 33.6 Å². The van der Waals surface area contributed by atoms with E-state index in [4.69, 9.17) is 32.3 Å². The highest BCUT2D eigenvalue weighted by Gasteiger charge is 2.30. The van der Waals surface area contributed by atoms with E-state index in [1.54, 1.807) is 0 Å². The third-order valence-corrected chi connectivity index (χ3v) is 22.3. The molecule has 0 aliphatic rings. The zero-order chi connectivity index (χ0) is 87.9. The van der Waals surface area contributed by atoms with Gasteiger partial charge in [0.25, 0.3) is 0 Å². The summed E-state index contributed by atoms with van der Waals surface area (Å²) in [5.41, 5.74) is 0. The first-order valence-corrected chi connectivity index (χ1v) is 51.4. The van der Waals surface area contributed by atoms with Crippen molar-refractivity contribution in [2.45, 2.75) is 424 Å². The van der Waals surface area contributed by atoms with Crippen LogP contribution in [0.5, 0.6) is 0 Å².